The van der Waals surface area contributed by atoms with Gasteiger partial charge in [0, 0.05) is 58.2 Å². The van der Waals surface area contributed by atoms with Gasteiger partial charge in [-0.05, 0) is 95.5 Å². The van der Waals surface area contributed by atoms with Crippen molar-refractivity contribution >= 4 is 18.3 Å². The Kier molecular flexibility index (Phi) is 14.5. The van der Waals surface area contributed by atoms with Crippen LogP contribution in [-0.4, -0.2) is 53.9 Å². The van der Waals surface area contributed by atoms with E-state index in [1.807, 2.05) is 62.4 Å². The molecule has 2 unspecified atom stereocenters. The number of hydrogen-bond donors (Lipinski definition) is 2. The summed E-state index contributed by atoms with van der Waals surface area (Å²) in [6, 6.07) is 30.3. The van der Waals surface area contributed by atoms with Crippen molar-refractivity contribution in [1.29, 1.82) is 5.26 Å². The monoisotopic (exact) mass is 847 g/mol. The van der Waals surface area contributed by atoms with Gasteiger partial charge in [0.1, 0.15) is 17.9 Å². The number of carbonyl (C=O) groups excluding carboxylic acids is 1. The smallest absolute Gasteiger partial charge is 0.255 e. The number of nitriles is 1. The third-order valence-electron chi connectivity index (χ3n) is 11.8. The molecule has 2 aliphatic carbocycles. The molecule has 2 aliphatic heterocycles. The number of nitrogens with zero attached hydrogens (tertiary/aromatic N) is 3. The lowest BCUT2D eigenvalue weighted by molar-refractivity contribution is -0.120. The number of amides is 1. The molecule has 0 bridgehead atoms. The summed E-state index contributed by atoms with van der Waals surface area (Å²) in [5, 5.41) is 11.4. The van der Waals surface area contributed by atoms with Crippen molar-refractivity contribution < 1.29 is 31.8 Å². The maximum absolute atomic E-state index is 13.0. The largest absolute Gasteiger partial charge is 0.493 e. The van der Waals surface area contributed by atoms with E-state index < -0.39 is 23.7 Å². The van der Waals surface area contributed by atoms with E-state index >= 15 is 0 Å². The highest BCUT2D eigenvalue weighted by molar-refractivity contribution is 5.85. The normalized spacial score (nSPS) is 20.6. The number of hydrogen-bond acceptors (Lipinski definition) is 7. The van der Waals surface area contributed by atoms with Crippen LogP contribution in [0.25, 0.3) is 0 Å². The fraction of sp³-hybridized carbons (Fsp3) is 0.447. The quantitative estimate of drug-likeness (QED) is 0.122. The van der Waals surface area contributed by atoms with Crippen molar-refractivity contribution in [2.75, 3.05) is 26.3 Å². The molecule has 2 heterocycles. The maximum atomic E-state index is 13.0. The zero-order valence-corrected chi connectivity index (χ0v) is 35.0. The fourth-order valence-electron chi connectivity index (χ4n) is 7.72. The second-order valence-corrected chi connectivity index (χ2v) is 16.6. The van der Waals surface area contributed by atoms with Crippen molar-refractivity contribution in [3.05, 3.63) is 129 Å². The second kappa shape index (κ2) is 19.4. The summed E-state index contributed by atoms with van der Waals surface area (Å²) in [7, 11) is 0. The van der Waals surface area contributed by atoms with E-state index in [1.54, 1.807) is 0 Å². The average Bonchev–Trinajstić information content (AvgIpc) is 4.06. The second-order valence-electron chi connectivity index (χ2n) is 16.6. The Balaban J connectivity index is 0.000000200. The van der Waals surface area contributed by atoms with Gasteiger partial charge in [0.05, 0.1) is 37.2 Å². The zero-order valence-electron chi connectivity index (χ0n) is 34.1. The third kappa shape index (κ3) is 12.0. The zero-order chi connectivity index (χ0) is 41.7. The van der Waals surface area contributed by atoms with Crippen LogP contribution in [0.2, 0.25) is 0 Å². The molecule has 8 nitrogen and oxygen atoms in total. The Morgan fingerprint density at radius 1 is 0.750 bits per heavy atom. The Hall–Kier alpha value is -4.67. The van der Waals surface area contributed by atoms with Crippen LogP contribution in [0.1, 0.15) is 89.7 Å². The number of halogens is 5. The molecule has 0 aromatic heterocycles. The predicted octanol–water partition coefficient (Wildman–Crippen LogP) is 9.09. The molecular weight excluding hydrogens is 794 g/mol. The molecule has 13 heteroatoms. The number of carbonyl (C=O) groups is 1. The molecule has 2 fully saturated rings. The predicted molar refractivity (Wildman–Crippen MR) is 225 cm³/mol. The van der Waals surface area contributed by atoms with Gasteiger partial charge in [0.15, 0.2) is 0 Å². The molecule has 8 rings (SSSR count). The van der Waals surface area contributed by atoms with Gasteiger partial charge >= 0.3 is 0 Å². The van der Waals surface area contributed by atoms with Gasteiger partial charge < -0.3 is 20.5 Å². The van der Waals surface area contributed by atoms with Crippen LogP contribution in [0.4, 0.5) is 17.6 Å². The number of benzene rings is 4. The van der Waals surface area contributed by atoms with E-state index in [2.05, 4.69) is 57.6 Å². The van der Waals surface area contributed by atoms with Gasteiger partial charge in [-0.3, -0.25) is 14.6 Å². The molecule has 2 saturated carbocycles. The maximum Gasteiger partial charge on any atom is 0.255 e. The van der Waals surface area contributed by atoms with Crippen molar-refractivity contribution in [3.63, 3.8) is 0 Å². The summed E-state index contributed by atoms with van der Waals surface area (Å²) in [5.74, 6) is -5.21. The number of nitrogens with one attached hydrogen (secondary N) is 1. The van der Waals surface area contributed by atoms with Crippen LogP contribution in [0, 0.1) is 23.2 Å². The van der Waals surface area contributed by atoms with Crippen LogP contribution < -0.4 is 20.5 Å². The van der Waals surface area contributed by atoms with E-state index in [0.717, 1.165) is 63.2 Å². The van der Waals surface area contributed by atoms with E-state index in [9.17, 15) is 22.4 Å². The lowest BCUT2D eigenvalue weighted by Crippen LogP contribution is -2.30. The van der Waals surface area contributed by atoms with Gasteiger partial charge in [-0.15, -0.1) is 12.4 Å². The summed E-state index contributed by atoms with van der Waals surface area (Å²) in [5.41, 5.74) is 15.6. The first-order chi connectivity index (χ1) is 28.2. The SMILES string of the molecule is C[C@H](N)c1ccc(CN2CCc3cc(OCC4CC4(F)F)ccc3C2)cc1.C[C@H](NC(=O)CC#N)c1ccc(CN2CCc3cc(OCC4CC4(F)F)ccc3C2)cc1.Cl. The Morgan fingerprint density at radius 3 is 1.58 bits per heavy atom. The van der Waals surface area contributed by atoms with Crippen LogP contribution in [0.5, 0.6) is 11.5 Å². The van der Waals surface area contributed by atoms with Gasteiger partial charge in [-0.1, -0.05) is 60.7 Å². The van der Waals surface area contributed by atoms with E-state index in [-0.39, 0.29) is 62.9 Å². The van der Waals surface area contributed by atoms with E-state index in [4.69, 9.17) is 20.5 Å². The third-order valence-corrected chi connectivity index (χ3v) is 11.8. The minimum absolute atomic E-state index is 0. The Morgan fingerprint density at radius 2 is 1.18 bits per heavy atom. The summed E-state index contributed by atoms with van der Waals surface area (Å²) >= 11 is 0. The molecule has 0 spiro atoms. The van der Waals surface area contributed by atoms with Crippen molar-refractivity contribution in [2.45, 2.75) is 96.1 Å². The molecule has 0 saturated heterocycles. The molecule has 4 aromatic rings. The standard InChI is InChI=1S/C25H27F2N3O2.C22H26F2N2O.ClH/c1-17(29-24(31)8-10-28)19-4-2-18(3-5-19)14-30-11-9-20-12-23(7-6-21(20)15-30)32-16-22-13-25(22,26)27;1-15(25)17-4-2-16(3-5-17)12-26-9-8-18-10-21(7-6-19(18)13-26)27-14-20-11-22(20,23)24;/h2-7,12,17,22H,8-9,11,13-16H2,1H3,(H,29,31);2-7,10,15,20H,8-9,11-14,25H2,1H3;1H/t17-,22?;15-,20?;/m00./s1. The van der Waals surface area contributed by atoms with Gasteiger partial charge in [-0.2, -0.15) is 5.26 Å². The van der Waals surface area contributed by atoms with Crippen LogP contribution in [-0.2, 0) is 43.8 Å². The molecule has 320 valence electrons. The lowest BCUT2D eigenvalue weighted by atomic mass is 9.98. The minimum atomic E-state index is -2.55. The van der Waals surface area contributed by atoms with Gasteiger partial charge in [0.2, 0.25) is 5.91 Å². The van der Waals surface area contributed by atoms with Gasteiger partial charge in [0.25, 0.3) is 11.8 Å². The minimum Gasteiger partial charge on any atom is -0.493 e. The molecule has 3 N–H and O–H groups in total. The molecule has 60 heavy (non-hydrogen) atoms. The summed E-state index contributed by atoms with van der Waals surface area (Å²) in [4.78, 5) is 16.4. The number of nitrogens with two attached hydrogens (primary N) is 1. The molecular formula is C47H54ClF4N5O3. The number of alkyl halides is 4. The molecule has 4 aromatic carbocycles. The van der Waals surface area contributed by atoms with Crippen LogP contribution in [0.15, 0.2) is 84.9 Å². The first-order valence-corrected chi connectivity index (χ1v) is 20.5. The Bertz CT molecular complexity index is 2130. The van der Waals surface area contributed by atoms with Gasteiger partial charge in [-0.25, -0.2) is 17.6 Å². The van der Waals surface area contributed by atoms with Crippen molar-refractivity contribution in [3.8, 4) is 17.6 Å². The van der Waals surface area contributed by atoms with Crippen molar-refractivity contribution in [1.82, 2.24) is 15.1 Å². The highest BCUT2D eigenvalue weighted by atomic mass is 35.5. The molecule has 4 aliphatic rings. The van der Waals surface area contributed by atoms with E-state index in [0.29, 0.717) is 11.5 Å². The molecule has 0 radical (unpaired) electrons. The summed E-state index contributed by atoms with van der Waals surface area (Å²) < 4.78 is 63.1. The van der Waals surface area contributed by atoms with Crippen LogP contribution >= 0.6 is 12.4 Å². The summed E-state index contributed by atoms with van der Waals surface area (Å²) in [6.45, 7) is 9.43. The highest BCUT2D eigenvalue weighted by Crippen LogP contribution is 2.49. The number of ether oxygens (including phenoxy) is 2. The van der Waals surface area contributed by atoms with E-state index in [1.165, 1.54) is 33.4 Å². The summed E-state index contributed by atoms with van der Waals surface area (Å²) in [6.07, 6.45) is 1.60. The fourth-order valence-corrected chi connectivity index (χ4v) is 7.72. The Labute approximate surface area is 356 Å². The molecule has 4 atom stereocenters. The first-order valence-electron chi connectivity index (χ1n) is 20.5. The molecule has 1 amide bonds. The topological polar surface area (TPSA) is 104 Å². The average molecular weight is 848 g/mol. The first kappa shape index (κ1) is 44.9. The number of rotatable bonds is 14. The highest BCUT2D eigenvalue weighted by Gasteiger charge is 2.57. The van der Waals surface area contributed by atoms with Crippen LogP contribution in [0.3, 0.4) is 0 Å². The number of fused-ring (bicyclic) bond motifs is 2. The lowest BCUT2D eigenvalue weighted by Gasteiger charge is -2.29. The van der Waals surface area contributed by atoms with Crippen molar-refractivity contribution in [2.24, 2.45) is 17.6 Å².